The molecule has 0 aliphatic rings. The van der Waals surface area contributed by atoms with Crippen molar-refractivity contribution in [2.45, 2.75) is 11.8 Å². The molecule has 1 aromatic rings. The summed E-state index contributed by atoms with van der Waals surface area (Å²) in [6.07, 6.45) is 0. The molecular weight excluding hydrogens is 230 g/mol. The van der Waals surface area contributed by atoms with Crippen molar-refractivity contribution < 1.29 is 17.9 Å². The van der Waals surface area contributed by atoms with Gasteiger partial charge in [-0.25, -0.2) is 13.1 Å². The number of rotatable bonds is 4. The smallest absolute Gasteiger partial charge is 0.244 e. The minimum atomic E-state index is -3.52. The van der Waals surface area contributed by atoms with E-state index in [2.05, 4.69) is 4.72 Å². The SMILES string of the molecule is CNS(=O)(=O)c1cc(C)c(OC)cc1OC. The van der Waals surface area contributed by atoms with Gasteiger partial charge in [-0.2, -0.15) is 0 Å². The number of nitrogens with one attached hydrogen (secondary N) is 1. The van der Waals surface area contributed by atoms with Gasteiger partial charge in [-0.05, 0) is 25.6 Å². The van der Waals surface area contributed by atoms with Crippen LogP contribution in [-0.4, -0.2) is 29.7 Å². The van der Waals surface area contributed by atoms with Crippen LogP contribution in [0.2, 0.25) is 0 Å². The van der Waals surface area contributed by atoms with Gasteiger partial charge in [0.25, 0.3) is 0 Å². The van der Waals surface area contributed by atoms with E-state index < -0.39 is 10.0 Å². The summed E-state index contributed by atoms with van der Waals surface area (Å²) in [6.45, 7) is 1.77. The van der Waals surface area contributed by atoms with Gasteiger partial charge in [-0.15, -0.1) is 0 Å². The van der Waals surface area contributed by atoms with Gasteiger partial charge in [0.2, 0.25) is 10.0 Å². The molecule has 1 aromatic carbocycles. The Morgan fingerprint density at radius 1 is 1.12 bits per heavy atom. The maximum Gasteiger partial charge on any atom is 0.244 e. The third-order valence-corrected chi connectivity index (χ3v) is 3.67. The van der Waals surface area contributed by atoms with Gasteiger partial charge in [-0.3, -0.25) is 0 Å². The lowest BCUT2D eigenvalue weighted by Crippen LogP contribution is -2.19. The fraction of sp³-hybridized carbons (Fsp3) is 0.400. The van der Waals surface area contributed by atoms with E-state index in [4.69, 9.17) is 9.47 Å². The van der Waals surface area contributed by atoms with Gasteiger partial charge in [0, 0.05) is 6.07 Å². The molecule has 0 heterocycles. The molecule has 1 N–H and O–H groups in total. The first kappa shape index (κ1) is 12.8. The lowest BCUT2D eigenvalue weighted by atomic mass is 10.2. The molecular formula is C10H15NO4S. The van der Waals surface area contributed by atoms with Crippen molar-refractivity contribution in [2.75, 3.05) is 21.3 Å². The highest BCUT2D eigenvalue weighted by Gasteiger charge is 2.19. The first-order valence-electron chi connectivity index (χ1n) is 4.62. The molecule has 0 radical (unpaired) electrons. The highest BCUT2D eigenvalue weighted by atomic mass is 32.2. The van der Waals surface area contributed by atoms with Crippen molar-refractivity contribution in [3.8, 4) is 11.5 Å². The molecule has 0 aliphatic carbocycles. The summed E-state index contributed by atoms with van der Waals surface area (Å²) in [6, 6.07) is 3.07. The zero-order chi connectivity index (χ0) is 12.3. The predicted molar refractivity (Wildman–Crippen MR) is 60.5 cm³/mol. The van der Waals surface area contributed by atoms with Crippen LogP contribution in [0.1, 0.15) is 5.56 Å². The fourth-order valence-corrected chi connectivity index (χ4v) is 2.30. The normalized spacial score (nSPS) is 11.2. The topological polar surface area (TPSA) is 64.6 Å². The molecule has 0 saturated carbocycles. The Balaban J connectivity index is 3.46. The standard InChI is InChI=1S/C10H15NO4S/c1-7-5-10(16(12,13)11-2)9(15-4)6-8(7)14-3/h5-6,11H,1-4H3. The number of methoxy groups -OCH3 is 2. The van der Waals surface area contributed by atoms with Crippen LogP contribution in [0.25, 0.3) is 0 Å². The van der Waals surface area contributed by atoms with Crippen LogP contribution in [-0.2, 0) is 10.0 Å². The molecule has 90 valence electrons. The highest BCUT2D eigenvalue weighted by Crippen LogP contribution is 2.31. The van der Waals surface area contributed by atoms with Crippen LogP contribution < -0.4 is 14.2 Å². The maximum atomic E-state index is 11.7. The maximum absolute atomic E-state index is 11.7. The lowest BCUT2D eigenvalue weighted by Gasteiger charge is -2.12. The minimum Gasteiger partial charge on any atom is -0.496 e. The van der Waals surface area contributed by atoms with E-state index >= 15 is 0 Å². The van der Waals surface area contributed by atoms with Crippen molar-refractivity contribution in [3.63, 3.8) is 0 Å². The van der Waals surface area contributed by atoms with Crippen molar-refractivity contribution >= 4 is 10.0 Å². The summed E-state index contributed by atoms with van der Waals surface area (Å²) in [5, 5.41) is 0. The molecule has 0 atom stereocenters. The Labute approximate surface area is 95.4 Å². The van der Waals surface area contributed by atoms with Crippen molar-refractivity contribution in [1.82, 2.24) is 4.72 Å². The Morgan fingerprint density at radius 3 is 2.12 bits per heavy atom. The largest absolute Gasteiger partial charge is 0.496 e. The van der Waals surface area contributed by atoms with Crippen LogP contribution in [0, 0.1) is 6.92 Å². The van der Waals surface area contributed by atoms with Gasteiger partial charge in [0.1, 0.15) is 16.4 Å². The molecule has 5 nitrogen and oxygen atoms in total. The third kappa shape index (κ3) is 2.28. The quantitative estimate of drug-likeness (QED) is 0.856. The summed E-state index contributed by atoms with van der Waals surface area (Å²) >= 11 is 0. The average molecular weight is 245 g/mol. The Morgan fingerprint density at radius 2 is 1.69 bits per heavy atom. The van der Waals surface area contributed by atoms with E-state index in [1.165, 1.54) is 27.3 Å². The molecule has 0 bridgehead atoms. The Kier molecular flexibility index (Phi) is 3.77. The van der Waals surface area contributed by atoms with E-state index in [1.54, 1.807) is 13.0 Å². The summed E-state index contributed by atoms with van der Waals surface area (Å²) in [5.41, 5.74) is 0.733. The van der Waals surface area contributed by atoms with E-state index in [9.17, 15) is 8.42 Å². The second-order valence-electron chi connectivity index (χ2n) is 3.18. The number of hydrogen-bond donors (Lipinski definition) is 1. The number of benzene rings is 1. The van der Waals surface area contributed by atoms with Crippen molar-refractivity contribution in [2.24, 2.45) is 0 Å². The molecule has 0 spiro atoms. The van der Waals surface area contributed by atoms with Crippen LogP contribution in [0.15, 0.2) is 17.0 Å². The molecule has 0 amide bonds. The lowest BCUT2D eigenvalue weighted by molar-refractivity contribution is 0.384. The van der Waals surface area contributed by atoms with Crippen molar-refractivity contribution in [3.05, 3.63) is 17.7 Å². The second kappa shape index (κ2) is 4.71. The number of hydrogen-bond acceptors (Lipinski definition) is 4. The third-order valence-electron chi connectivity index (χ3n) is 2.24. The van der Waals surface area contributed by atoms with E-state index in [-0.39, 0.29) is 10.6 Å². The number of ether oxygens (including phenoxy) is 2. The first-order valence-corrected chi connectivity index (χ1v) is 6.10. The molecule has 0 unspecified atom stereocenters. The summed E-state index contributed by atoms with van der Waals surface area (Å²) in [5.74, 6) is 0.851. The monoisotopic (exact) mass is 245 g/mol. The van der Waals surface area contributed by atoms with E-state index in [1.807, 2.05) is 0 Å². The van der Waals surface area contributed by atoms with E-state index in [0.717, 1.165) is 5.56 Å². The highest BCUT2D eigenvalue weighted by molar-refractivity contribution is 7.89. The van der Waals surface area contributed by atoms with Crippen LogP contribution in [0.4, 0.5) is 0 Å². The van der Waals surface area contributed by atoms with Crippen molar-refractivity contribution in [1.29, 1.82) is 0 Å². The second-order valence-corrected chi connectivity index (χ2v) is 5.04. The fourth-order valence-electron chi connectivity index (χ4n) is 1.34. The number of aryl methyl sites for hydroxylation is 1. The molecule has 0 saturated heterocycles. The summed E-state index contributed by atoms with van der Waals surface area (Å²) < 4.78 is 35.8. The zero-order valence-electron chi connectivity index (χ0n) is 9.70. The van der Waals surface area contributed by atoms with Gasteiger partial charge in [0.05, 0.1) is 14.2 Å². The Hall–Kier alpha value is -1.27. The van der Waals surface area contributed by atoms with Gasteiger partial charge < -0.3 is 9.47 Å². The molecule has 0 aromatic heterocycles. The Bertz CT molecular complexity index is 482. The average Bonchev–Trinajstić information content (AvgIpc) is 2.28. The van der Waals surface area contributed by atoms with Crippen LogP contribution in [0.3, 0.4) is 0 Å². The van der Waals surface area contributed by atoms with Gasteiger partial charge >= 0.3 is 0 Å². The number of sulfonamides is 1. The zero-order valence-corrected chi connectivity index (χ0v) is 10.5. The predicted octanol–water partition coefficient (Wildman–Crippen LogP) is 0.920. The molecule has 0 aliphatic heterocycles. The van der Waals surface area contributed by atoms with Crippen LogP contribution in [0.5, 0.6) is 11.5 Å². The molecule has 16 heavy (non-hydrogen) atoms. The van der Waals surface area contributed by atoms with Crippen LogP contribution >= 0.6 is 0 Å². The summed E-state index contributed by atoms with van der Waals surface area (Å²) in [4.78, 5) is 0.107. The summed E-state index contributed by atoms with van der Waals surface area (Å²) in [7, 11) is 0.774. The first-order chi connectivity index (χ1) is 7.46. The van der Waals surface area contributed by atoms with E-state index in [0.29, 0.717) is 5.75 Å². The van der Waals surface area contributed by atoms with Gasteiger partial charge in [0.15, 0.2) is 0 Å². The minimum absolute atomic E-state index is 0.107. The van der Waals surface area contributed by atoms with Gasteiger partial charge in [-0.1, -0.05) is 0 Å². The molecule has 1 rings (SSSR count). The molecule has 0 fully saturated rings. The molecule has 6 heteroatoms.